The van der Waals surface area contributed by atoms with Gasteiger partial charge in [0, 0.05) is 36.9 Å². The summed E-state index contributed by atoms with van der Waals surface area (Å²) >= 11 is 1.68. The molecule has 0 aliphatic carbocycles. The number of β-amino-alcohol motifs (C(OH)–C–C–N with tert-alkyl or cyclic N) is 1. The molecule has 4 rings (SSSR count). The van der Waals surface area contributed by atoms with Crippen molar-refractivity contribution in [3.63, 3.8) is 0 Å². The van der Waals surface area contributed by atoms with Gasteiger partial charge in [-0.25, -0.2) is 4.98 Å². The van der Waals surface area contributed by atoms with Gasteiger partial charge in [-0.1, -0.05) is 18.2 Å². The van der Waals surface area contributed by atoms with Gasteiger partial charge in [0.1, 0.15) is 18.5 Å². The zero-order valence-electron chi connectivity index (χ0n) is 19.0. The highest BCUT2D eigenvalue weighted by molar-refractivity contribution is 7.18. The van der Waals surface area contributed by atoms with E-state index in [0.29, 0.717) is 12.6 Å². The first-order valence-electron chi connectivity index (χ1n) is 10.9. The molecule has 165 valence electrons. The van der Waals surface area contributed by atoms with Gasteiger partial charge in [-0.05, 0) is 57.9 Å². The van der Waals surface area contributed by atoms with Crippen LogP contribution in [0.25, 0.3) is 10.2 Å². The third kappa shape index (κ3) is 4.86. The van der Waals surface area contributed by atoms with Crippen LogP contribution in [0.15, 0.2) is 36.4 Å². The molecule has 3 atom stereocenters. The van der Waals surface area contributed by atoms with E-state index < -0.39 is 6.10 Å². The number of nitrogens with zero attached hydrogens (tertiary/aromatic N) is 3. The molecule has 5 nitrogen and oxygen atoms in total. The van der Waals surface area contributed by atoms with Gasteiger partial charge in [0.05, 0.1) is 21.8 Å². The number of rotatable bonds is 6. The predicted octanol–water partition coefficient (Wildman–Crippen LogP) is 4.72. The first kappa shape index (κ1) is 22.1. The number of piperazine rings is 1. The Morgan fingerprint density at radius 3 is 2.61 bits per heavy atom. The third-order valence-corrected chi connectivity index (χ3v) is 6.95. The summed E-state index contributed by atoms with van der Waals surface area (Å²) in [7, 11) is 0. The van der Waals surface area contributed by atoms with Crippen molar-refractivity contribution in [3.05, 3.63) is 59.1 Å². The number of aliphatic hydroxyl groups excluding tert-OH is 1. The summed E-state index contributed by atoms with van der Waals surface area (Å²) in [5, 5.41) is 11.7. The van der Waals surface area contributed by atoms with Crippen LogP contribution in [-0.4, -0.2) is 52.9 Å². The van der Waals surface area contributed by atoms with E-state index in [2.05, 4.69) is 67.2 Å². The van der Waals surface area contributed by atoms with Crippen molar-refractivity contribution in [3.8, 4) is 5.75 Å². The zero-order valence-corrected chi connectivity index (χ0v) is 19.8. The summed E-state index contributed by atoms with van der Waals surface area (Å²) in [6.07, 6.45) is -0.557. The van der Waals surface area contributed by atoms with Crippen molar-refractivity contribution in [2.45, 2.75) is 52.8 Å². The average molecular weight is 439 g/mol. The molecule has 2 heterocycles. The molecule has 0 saturated carbocycles. The van der Waals surface area contributed by atoms with Crippen LogP contribution in [0.5, 0.6) is 5.75 Å². The molecule has 1 aromatic heterocycles. The SMILES string of the molecule is Cc1nc2cc(OCC(O)CN3C(C)[CH]N(c4c(C)cccc4C)CC3C)ccc2s1. The van der Waals surface area contributed by atoms with Gasteiger partial charge in [0.15, 0.2) is 0 Å². The lowest BCUT2D eigenvalue weighted by atomic mass is 10.0. The number of hydrogen-bond donors (Lipinski definition) is 1. The van der Waals surface area contributed by atoms with Crippen LogP contribution in [0.2, 0.25) is 0 Å². The largest absolute Gasteiger partial charge is 0.491 e. The number of fused-ring (bicyclic) bond motifs is 1. The smallest absolute Gasteiger partial charge is 0.121 e. The Kier molecular flexibility index (Phi) is 6.51. The van der Waals surface area contributed by atoms with Gasteiger partial charge in [-0.2, -0.15) is 0 Å². The van der Waals surface area contributed by atoms with Gasteiger partial charge < -0.3 is 14.7 Å². The van der Waals surface area contributed by atoms with Gasteiger partial charge in [-0.15, -0.1) is 11.3 Å². The molecule has 31 heavy (non-hydrogen) atoms. The molecule has 2 aromatic carbocycles. The second kappa shape index (κ2) is 9.15. The van der Waals surface area contributed by atoms with Crippen molar-refractivity contribution in [2.24, 2.45) is 0 Å². The monoisotopic (exact) mass is 438 g/mol. The Morgan fingerprint density at radius 2 is 1.90 bits per heavy atom. The molecule has 1 aliphatic rings. The van der Waals surface area contributed by atoms with Crippen LogP contribution in [0.1, 0.15) is 30.0 Å². The van der Waals surface area contributed by atoms with E-state index in [1.807, 2.05) is 25.1 Å². The highest BCUT2D eigenvalue weighted by Gasteiger charge is 2.32. The van der Waals surface area contributed by atoms with Gasteiger partial charge >= 0.3 is 0 Å². The minimum atomic E-state index is -0.557. The summed E-state index contributed by atoms with van der Waals surface area (Å²) in [6.45, 7) is 14.8. The van der Waals surface area contributed by atoms with E-state index in [9.17, 15) is 5.11 Å². The Balaban J connectivity index is 1.35. The number of aryl methyl sites for hydroxylation is 3. The Hall–Kier alpha value is -2.15. The van der Waals surface area contributed by atoms with E-state index in [4.69, 9.17) is 4.74 Å². The zero-order chi connectivity index (χ0) is 22.1. The van der Waals surface area contributed by atoms with Gasteiger partial charge in [0.25, 0.3) is 0 Å². The van der Waals surface area contributed by atoms with Gasteiger partial charge in [-0.3, -0.25) is 4.90 Å². The number of benzene rings is 2. The number of aromatic nitrogens is 1. The molecule has 1 saturated heterocycles. The Bertz CT molecular complexity index is 1020. The lowest BCUT2D eigenvalue weighted by molar-refractivity contribution is 0.0381. The summed E-state index contributed by atoms with van der Waals surface area (Å²) in [5.41, 5.74) is 4.85. The van der Waals surface area contributed by atoms with Crippen LogP contribution in [-0.2, 0) is 0 Å². The maximum atomic E-state index is 10.7. The summed E-state index contributed by atoms with van der Waals surface area (Å²) in [5.74, 6) is 0.754. The topological polar surface area (TPSA) is 48.8 Å². The summed E-state index contributed by atoms with van der Waals surface area (Å²) in [4.78, 5) is 9.25. The molecule has 1 radical (unpaired) electrons. The van der Waals surface area contributed by atoms with Crippen LogP contribution < -0.4 is 9.64 Å². The molecule has 3 aromatic rings. The van der Waals surface area contributed by atoms with Crippen LogP contribution in [0.4, 0.5) is 5.69 Å². The van der Waals surface area contributed by atoms with Gasteiger partial charge in [0.2, 0.25) is 0 Å². The normalized spacial score (nSPS) is 20.9. The van der Waals surface area contributed by atoms with E-state index >= 15 is 0 Å². The molecule has 1 fully saturated rings. The first-order chi connectivity index (χ1) is 14.8. The van der Waals surface area contributed by atoms with Crippen LogP contribution in [0.3, 0.4) is 0 Å². The number of thiazole rings is 1. The lowest BCUT2D eigenvalue weighted by Crippen LogP contribution is -2.56. The number of para-hydroxylation sites is 1. The Labute approximate surface area is 189 Å². The maximum absolute atomic E-state index is 10.7. The molecular formula is C25H32N3O2S. The fourth-order valence-electron chi connectivity index (χ4n) is 4.57. The fraction of sp³-hybridized carbons (Fsp3) is 0.440. The third-order valence-electron chi connectivity index (χ3n) is 6.00. The van der Waals surface area contributed by atoms with Crippen molar-refractivity contribution in [1.82, 2.24) is 9.88 Å². The summed E-state index contributed by atoms with van der Waals surface area (Å²) < 4.78 is 7.04. The minimum Gasteiger partial charge on any atom is -0.491 e. The molecule has 0 spiro atoms. The Morgan fingerprint density at radius 1 is 1.16 bits per heavy atom. The highest BCUT2D eigenvalue weighted by Crippen LogP contribution is 2.31. The standard InChI is InChI=1S/C25H32N3O2S/c1-16-7-6-8-17(2)25(16)27-12-18(3)28(19(4)13-27)14-21(29)15-30-22-9-10-24-23(11-22)26-20(5)31-24/h6-12,18-19,21,29H,13-15H2,1-5H3. The number of hydrogen-bond acceptors (Lipinski definition) is 6. The molecule has 1 N–H and O–H groups in total. The van der Waals surface area contributed by atoms with Crippen molar-refractivity contribution in [1.29, 1.82) is 0 Å². The highest BCUT2D eigenvalue weighted by atomic mass is 32.1. The van der Waals surface area contributed by atoms with E-state index in [0.717, 1.165) is 27.5 Å². The summed E-state index contributed by atoms with van der Waals surface area (Å²) in [6, 6.07) is 12.9. The average Bonchev–Trinajstić information content (AvgIpc) is 3.08. The maximum Gasteiger partial charge on any atom is 0.121 e. The van der Waals surface area contributed by atoms with Crippen LogP contribution in [0, 0.1) is 27.3 Å². The number of ether oxygens (including phenoxy) is 1. The first-order valence-corrected chi connectivity index (χ1v) is 11.7. The minimum absolute atomic E-state index is 0.228. The molecule has 3 unspecified atom stereocenters. The van der Waals surface area contributed by atoms with E-state index in [1.165, 1.54) is 16.8 Å². The van der Waals surface area contributed by atoms with Crippen molar-refractivity contribution < 1.29 is 9.84 Å². The van der Waals surface area contributed by atoms with Crippen molar-refractivity contribution >= 4 is 27.2 Å². The fourth-order valence-corrected chi connectivity index (χ4v) is 5.38. The predicted molar refractivity (Wildman–Crippen MR) is 129 cm³/mol. The second-order valence-corrected chi connectivity index (χ2v) is 9.89. The number of anilines is 1. The molecular weight excluding hydrogens is 406 g/mol. The van der Waals surface area contributed by atoms with Crippen molar-refractivity contribution in [2.75, 3.05) is 24.6 Å². The van der Waals surface area contributed by atoms with Crippen LogP contribution >= 0.6 is 11.3 Å². The quantitative estimate of drug-likeness (QED) is 0.603. The molecule has 0 bridgehead atoms. The van der Waals surface area contributed by atoms with E-state index in [1.54, 1.807) is 11.3 Å². The molecule has 1 aliphatic heterocycles. The van der Waals surface area contributed by atoms with E-state index in [-0.39, 0.29) is 12.6 Å². The molecule has 6 heteroatoms. The lowest BCUT2D eigenvalue weighted by Gasteiger charge is -2.46. The number of aliphatic hydroxyl groups is 1. The molecule has 0 amide bonds. The second-order valence-electron chi connectivity index (χ2n) is 8.66.